The van der Waals surface area contributed by atoms with Crippen molar-refractivity contribution in [3.05, 3.63) is 64.7 Å². The summed E-state index contributed by atoms with van der Waals surface area (Å²) in [5.74, 6) is -1.58. The van der Waals surface area contributed by atoms with Crippen molar-refractivity contribution in [2.75, 3.05) is 5.32 Å². The maximum Gasteiger partial charge on any atom is 0.337 e. The largest absolute Gasteiger partial charge is 0.478 e. The van der Waals surface area contributed by atoms with Crippen LogP contribution in [-0.4, -0.2) is 17.0 Å². The van der Waals surface area contributed by atoms with Crippen LogP contribution in [0.25, 0.3) is 0 Å². The van der Waals surface area contributed by atoms with Gasteiger partial charge >= 0.3 is 5.97 Å². The summed E-state index contributed by atoms with van der Waals surface area (Å²) in [7, 11) is 0. The fourth-order valence-electron chi connectivity index (χ4n) is 2.50. The summed E-state index contributed by atoms with van der Waals surface area (Å²) in [5.41, 5.74) is 1.92. The second kappa shape index (κ2) is 8.65. The Morgan fingerprint density at radius 3 is 2.44 bits per heavy atom. The minimum absolute atomic E-state index is 0.108. The Hall–Kier alpha value is -3.13. The average molecular weight is 336 g/mol. The molecular weight excluding hydrogens is 316 g/mol. The van der Waals surface area contributed by atoms with Crippen molar-refractivity contribution in [1.82, 2.24) is 0 Å². The molecule has 1 amide bonds. The highest BCUT2D eigenvalue weighted by atomic mass is 16.4. The lowest BCUT2D eigenvalue weighted by Crippen LogP contribution is -2.15. The van der Waals surface area contributed by atoms with Gasteiger partial charge in [-0.1, -0.05) is 31.9 Å². The number of hydrogen-bond donors (Lipinski definition) is 2. The van der Waals surface area contributed by atoms with Crippen LogP contribution in [0.5, 0.6) is 0 Å². The molecule has 0 atom stereocenters. The van der Waals surface area contributed by atoms with Gasteiger partial charge in [0.2, 0.25) is 0 Å². The number of carboxylic acids is 1. The predicted octanol–water partition coefficient (Wildman–Crippen LogP) is 4.24. The van der Waals surface area contributed by atoms with Crippen LogP contribution in [-0.2, 0) is 6.42 Å². The van der Waals surface area contributed by atoms with Crippen LogP contribution in [0.3, 0.4) is 0 Å². The SMILES string of the molecule is CCCCCc1ccc(C(=O)Nc2ccc(C#N)cc2C(=O)O)cc1. The van der Waals surface area contributed by atoms with Crippen molar-refractivity contribution in [3.8, 4) is 6.07 Å². The summed E-state index contributed by atoms with van der Waals surface area (Å²) in [4.78, 5) is 23.7. The number of nitrogens with zero attached hydrogens (tertiary/aromatic N) is 1. The topological polar surface area (TPSA) is 90.2 Å². The van der Waals surface area contributed by atoms with Gasteiger partial charge in [0, 0.05) is 5.56 Å². The molecule has 0 aliphatic rings. The molecule has 0 aromatic heterocycles. The van der Waals surface area contributed by atoms with Crippen molar-refractivity contribution in [3.63, 3.8) is 0 Å². The molecule has 0 radical (unpaired) electrons. The third kappa shape index (κ3) is 4.92. The number of aryl methyl sites for hydroxylation is 1. The highest BCUT2D eigenvalue weighted by molar-refractivity contribution is 6.07. The number of benzene rings is 2. The van der Waals surface area contributed by atoms with Crippen LogP contribution in [0, 0.1) is 11.3 Å². The molecule has 2 N–H and O–H groups in total. The Morgan fingerprint density at radius 1 is 1.12 bits per heavy atom. The lowest BCUT2D eigenvalue weighted by atomic mass is 10.0. The summed E-state index contributed by atoms with van der Waals surface area (Å²) in [6.07, 6.45) is 4.44. The van der Waals surface area contributed by atoms with Gasteiger partial charge in [-0.2, -0.15) is 5.26 Å². The number of nitriles is 1. The van der Waals surface area contributed by atoms with Crippen LogP contribution in [0.1, 0.15) is 58.0 Å². The number of amides is 1. The molecule has 0 heterocycles. The summed E-state index contributed by atoms with van der Waals surface area (Å²) in [6.45, 7) is 2.15. The molecule has 0 saturated carbocycles. The molecule has 0 spiro atoms. The Morgan fingerprint density at radius 2 is 1.84 bits per heavy atom. The number of rotatable bonds is 7. The molecule has 0 bridgehead atoms. The summed E-state index contributed by atoms with van der Waals surface area (Å²) in [5, 5.41) is 20.7. The van der Waals surface area contributed by atoms with Gasteiger partial charge in [-0.3, -0.25) is 4.79 Å². The Balaban J connectivity index is 2.12. The molecule has 0 saturated heterocycles. The van der Waals surface area contributed by atoms with Gasteiger partial charge in [0.05, 0.1) is 22.9 Å². The number of carbonyl (C=O) groups is 2. The van der Waals surface area contributed by atoms with Crippen molar-refractivity contribution in [2.24, 2.45) is 0 Å². The van der Waals surface area contributed by atoms with E-state index in [9.17, 15) is 14.7 Å². The van der Waals surface area contributed by atoms with Gasteiger partial charge in [-0.15, -0.1) is 0 Å². The van der Waals surface area contributed by atoms with E-state index in [2.05, 4.69) is 12.2 Å². The van der Waals surface area contributed by atoms with E-state index in [1.54, 1.807) is 12.1 Å². The van der Waals surface area contributed by atoms with Crippen molar-refractivity contribution in [1.29, 1.82) is 5.26 Å². The normalized spacial score (nSPS) is 10.1. The molecule has 2 aromatic carbocycles. The monoisotopic (exact) mass is 336 g/mol. The number of carbonyl (C=O) groups excluding carboxylic acids is 1. The maximum atomic E-state index is 12.3. The highest BCUT2D eigenvalue weighted by Gasteiger charge is 2.14. The van der Waals surface area contributed by atoms with Crippen LogP contribution in [0.2, 0.25) is 0 Å². The predicted molar refractivity (Wildman–Crippen MR) is 95.7 cm³/mol. The standard InChI is InChI=1S/C20H20N2O3/c1-2-3-4-5-14-6-9-16(10-7-14)19(23)22-18-11-8-15(13-21)12-17(18)20(24)25/h6-12H,2-5H2,1H3,(H,22,23)(H,24,25). The van der Waals surface area contributed by atoms with Crippen LogP contribution < -0.4 is 5.32 Å². The molecule has 5 nitrogen and oxygen atoms in total. The molecule has 0 unspecified atom stereocenters. The van der Waals surface area contributed by atoms with Crippen molar-refractivity contribution < 1.29 is 14.7 Å². The van der Waals surface area contributed by atoms with Crippen molar-refractivity contribution >= 4 is 17.6 Å². The number of unbranched alkanes of at least 4 members (excludes halogenated alkanes) is 2. The molecular formula is C20H20N2O3. The van der Waals surface area contributed by atoms with Gasteiger partial charge < -0.3 is 10.4 Å². The number of anilines is 1. The van der Waals surface area contributed by atoms with E-state index in [1.165, 1.54) is 30.2 Å². The van der Waals surface area contributed by atoms with E-state index >= 15 is 0 Å². The van der Waals surface area contributed by atoms with Crippen LogP contribution in [0.4, 0.5) is 5.69 Å². The Bertz CT molecular complexity index is 805. The number of nitrogens with one attached hydrogen (secondary N) is 1. The van der Waals surface area contributed by atoms with E-state index in [0.717, 1.165) is 19.3 Å². The second-order valence-corrected chi connectivity index (χ2v) is 5.79. The van der Waals surface area contributed by atoms with E-state index in [4.69, 9.17) is 5.26 Å². The lowest BCUT2D eigenvalue weighted by molar-refractivity contribution is 0.0698. The van der Waals surface area contributed by atoms with E-state index in [0.29, 0.717) is 5.56 Å². The third-order valence-electron chi connectivity index (χ3n) is 3.91. The van der Waals surface area contributed by atoms with Gasteiger partial charge in [-0.25, -0.2) is 4.79 Å². The van der Waals surface area contributed by atoms with Gasteiger partial charge in [-0.05, 0) is 48.7 Å². The fourth-order valence-corrected chi connectivity index (χ4v) is 2.50. The molecule has 0 aliphatic heterocycles. The first kappa shape index (κ1) is 18.2. The maximum absolute atomic E-state index is 12.3. The van der Waals surface area contributed by atoms with Gasteiger partial charge in [0.25, 0.3) is 5.91 Å². The number of aromatic carboxylic acids is 1. The van der Waals surface area contributed by atoms with Crippen LogP contribution >= 0.6 is 0 Å². The minimum Gasteiger partial charge on any atom is -0.478 e. The highest BCUT2D eigenvalue weighted by Crippen LogP contribution is 2.19. The van der Waals surface area contributed by atoms with Gasteiger partial charge in [0.15, 0.2) is 0 Å². The van der Waals surface area contributed by atoms with Crippen LogP contribution in [0.15, 0.2) is 42.5 Å². The quantitative estimate of drug-likeness (QED) is 0.740. The first-order valence-electron chi connectivity index (χ1n) is 8.23. The number of carboxylic acid groups (broad SMARTS) is 1. The second-order valence-electron chi connectivity index (χ2n) is 5.79. The van der Waals surface area contributed by atoms with Gasteiger partial charge in [0.1, 0.15) is 0 Å². The molecule has 25 heavy (non-hydrogen) atoms. The third-order valence-corrected chi connectivity index (χ3v) is 3.91. The summed E-state index contributed by atoms with van der Waals surface area (Å²) >= 11 is 0. The Kier molecular flexibility index (Phi) is 6.30. The van der Waals surface area contributed by atoms with E-state index in [-0.39, 0.29) is 22.7 Å². The molecule has 2 aromatic rings. The van der Waals surface area contributed by atoms with E-state index in [1.807, 2.05) is 18.2 Å². The average Bonchev–Trinajstić information content (AvgIpc) is 2.62. The zero-order valence-electron chi connectivity index (χ0n) is 14.1. The molecule has 0 fully saturated rings. The fraction of sp³-hybridized carbons (Fsp3) is 0.250. The minimum atomic E-state index is -1.20. The zero-order chi connectivity index (χ0) is 18.2. The molecule has 128 valence electrons. The van der Waals surface area contributed by atoms with Crippen molar-refractivity contribution in [2.45, 2.75) is 32.6 Å². The summed E-state index contributed by atoms with van der Waals surface area (Å²) in [6, 6.07) is 13.3. The van der Waals surface area contributed by atoms with E-state index < -0.39 is 5.97 Å². The molecule has 2 rings (SSSR count). The lowest BCUT2D eigenvalue weighted by Gasteiger charge is -2.09. The molecule has 5 heteroatoms. The smallest absolute Gasteiger partial charge is 0.337 e. The Labute approximate surface area is 146 Å². The molecule has 0 aliphatic carbocycles. The number of hydrogen-bond acceptors (Lipinski definition) is 3. The first-order valence-corrected chi connectivity index (χ1v) is 8.23. The zero-order valence-corrected chi connectivity index (χ0v) is 14.1. The summed E-state index contributed by atoms with van der Waals surface area (Å²) < 4.78 is 0. The first-order chi connectivity index (χ1) is 12.0.